The van der Waals surface area contributed by atoms with Crippen LogP contribution in [0, 0.1) is 0 Å². The van der Waals surface area contributed by atoms with Crippen molar-refractivity contribution in [1.29, 1.82) is 0 Å². The molecule has 79 heavy (non-hydrogen) atoms. The summed E-state index contributed by atoms with van der Waals surface area (Å²) in [5, 5.41) is 0. The van der Waals surface area contributed by atoms with Crippen molar-refractivity contribution in [3.8, 4) is 0 Å². The molecule has 0 aliphatic carbocycles. The third kappa shape index (κ3) is 66.1. The number of esters is 3. The highest BCUT2D eigenvalue weighted by Gasteiger charge is 2.19. The van der Waals surface area contributed by atoms with Crippen LogP contribution in [0.25, 0.3) is 0 Å². The minimum Gasteiger partial charge on any atom is -0.462 e. The molecule has 0 rings (SSSR count). The van der Waals surface area contributed by atoms with Crippen LogP contribution in [0.15, 0.2) is 48.6 Å². The molecule has 0 N–H and O–H groups in total. The lowest BCUT2D eigenvalue weighted by molar-refractivity contribution is -0.167. The van der Waals surface area contributed by atoms with Crippen LogP contribution in [0.4, 0.5) is 0 Å². The van der Waals surface area contributed by atoms with Gasteiger partial charge in [-0.1, -0.05) is 333 Å². The van der Waals surface area contributed by atoms with Gasteiger partial charge in [-0.05, 0) is 77.0 Å². The van der Waals surface area contributed by atoms with Gasteiger partial charge in [0.2, 0.25) is 0 Å². The smallest absolute Gasteiger partial charge is 0.306 e. The molecule has 0 aliphatic rings. The third-order valence-electron chi connectivity index (χ3n) is 15.8. The Kier molecular flexibility index (Phi) is 65.6. The highest BCUT2D eigenvalue weighted by Crippen LogP contribution is 2.18. The fourth-order valence-corrected chi connectivity index (χ4v) is 10.6. The third-order valence-corrected chi connectivity index (χ3v) is 15.8. The minimum absolute atomic E-state index is 0.0755. The molecule has 0 aromatic carbocycles. The number of carbonyl (C=O) groups is 3. The average molecular weight is 1110 g/mol. The maximum Gasteiger partial charge on any atom is 0.306 e. The van der Waals surface area contributed by atoms with Crippen molar-refractivity contribution in [3.05, 3.63) is 48.6 Å². The molecule has 462 valence electrons. The molecular weight excluding hydrogens is 973 g/mol. The second kappa shape index (κ2) is 67.9. The molecular formula is C73H134O6. The lowest BCUT2D eigenvalue weighted by Gasteiger charge is -2.18. The maximum absolute atomic E-state index is 12.9. The van der Waals surface area contributed by atoms with E-state index >= 15 is 0 Å². The molecule has 1 atom stereocenters. The summed E-state index contributed by atoms with van der Waals surface area (Å²) in [7, 11) is 0. The van der Waals surface area contributed by atoms with Gasteiger partial charge < -0.3 is 14.2 Å². The van der Waals surface area contributed by atoms with Gasteiger partial charge in [-0.25, -0.2) is 0 Å². The van der Waals surface area contributed by atoms with Crippen LogP contribution in [0.3, 0.4) is 0 Å². The van der Waals surface area contributed by atoms with Crippen LogP contribution < -0.4 is 0 Å². The Morgan fingerprint density at radius 3 is 0.785 bits per heavy atom. The van der Waals surface area contributed by atoms with E-state index in [-0.39, 0.29) is 31.1 Å². The van der Waals surface area contributed by atoms with Crippen LogP contribution >= 0.6 is 0 Å². The Hall–Kier alpha value is -2.63. The van der Waals surface area contributed by atoms with Crippen molar-refractivity contribution in [3.63, 3.8) is 0 Å². The first-order chi connectivity index (χ1) is 39.0. The number of carbonyl (C=O) groups excluding carboxylic acids is 3. The summed E-state index contributed by atoms with van der Waals surface area (Å²) >= 11 is 0. The van der Waals surface area contributed by atoms with Crippen LogP contribution in [-0.4, -0.2) is 37.2 Å². The number of unbranched alkanes of at least 4 members (excludes halogenated alkanes) is 46. The van der Waals surface area contributed by atoms with Gasteiger partial charge in [0.1, 0.15) is 13.2 Å². The zero-order valence-corrected chi connectivity index (χ0v) is 53.2. The Morgan fingerprint density at radius 1 is 0.266 bits per heavy atom. The van der Waals surface area contributed by atoms with E-state index in [1.54, 1.807) is 0 Å². The zero-order chi connectivity index (χ0) is 57.1. The van der Waals surface area contributed by atoms with Crippen molar-refractivity contribution < 1.29 is 28.6 Å². The van der Waals surface area contributed by atoms with Crippen molar-refractivity contribution in [2.45, 2.75) is 386 Å². The first-order valence-electron chi connectivity index (χ1n) is 35.1. The Balaban J connectivity index is 4.27. The molecule has 0 aromatic heterocycles. The first-order valence-corrected chi connectivity index (χ1v) is 35.1. The number of hydrogen-bond donors (Lipinski definition) is 0. The summed E-state index contributed by atoms with van der Waals surface area (Å²) in [6, 6.07) is 0. The van der Waals surface area contributed by atoms with E-state index < -0.39 is 6.10 Å². The molecule has 1 unspecified atom stereocenters. The molecule has 0 heterocycles. The van der Waals surface area contributed by atoms with E-state index in [2.05, 4.69) is 69.4 Å². The van der Waals surface area contributed by atoms with Gasteiger partial charge >= 0.3 is 17.9 Å². The SMILES string of the molecule is CC/C=C\C/C=C\C/C=C\CCCCCCCC(=O)OCC(COC(=O)CCCCCCCCCCCCCCCCCCCCCCCCCCC)OC(=O)CCCCCCCCCCC/C=C\CCCCCCCCCC. The summed E-state index contributed by atoms with van der Waals surface area (Å²) in [4.78, 5) is 38.4. The number of rotatable bonds is 65. The van der Waals surface area contributed by atoms with E-state index in [0.717, 1.165) is 96.3 Å². The van der Waals surface area contributed by atoms with E-state index in [4.69, 9.17) is 14.2 Å². The maximum atomic E-state index is 12.9. The molecule has 0 amide bonds. The lowest BCUT2D eigenvalue weighted by Crippen LogP contribution is -2.30. The minimum atomic E-state index is -0.781. The monoisotopic (exact) mass is 1110 g/mol. The molecule has 0 saturated heterocycles. The van der Waals surface area contributed by atoms with Crippen LogP contribution in [0.1, 0.15) is 380 Å². The quantitative estimate of drug-likeness (QED) is 0.0261. The predicted octanol–water partition coefficient (Wildman–Crippen LogP) is 24.1. The Labute approximate surface area is 492 Å². The van der Waals surface area contributed by atoms with Gasteiger partial charge in [0.15, 0.2) is 6.10 Å². The molecule has 6 nitrogen and oxygen atoms in total. The second-order valence-electron chi connectivity index (χ2n) is 23.8. The summed E-state index contributed by atoms with van der Waals surface area (Å²) in [5.41, 5.74) is 0. The molecule has 0 aromatic rings. The predicted molar refractivity (Wildman–Crippen MR) is 344 cm³/mol. The second-order valence-corrected chi connectivity index (χ2v) is 23.8. The number of hydrogen-bond acceptors (Lipinski definition) is 6. The average Bonchev–Trinajstić information content (AvgIpc) is 3.45. The highest BCUT2D eigenvalue weighted by atomic mass is 16.6. The van der Waals surface area contributed by atoms with Gasteiger partial charge in [0.25, 0.3) is 0 Å². The fourth-order valence-electron chi connectivity index (χ4n) is 10.6. The van der Waals surface area contributed by atoms with Crippen molar-refractivity contribution >= 4 is 17.9 Å². The van der Waals surface area contributed by atoms with Crippen LogP contribution in [0.2, 0.25) is 0 Å². The highest BCUT2D eigenvalue weighted by molar-refractivity contribution is 5.71. The zero-order valence-electron chi connectivity index (χ0n) is 53.2. The molecule has 0 fully saturated rings. The van der Waals surface area contributed by atoms with Gasteiger partial charge in [0, 0.05) is 19.3 Å². The first kappa shape index (κ1) is 76.4. The van der Waals surface area contributed by atoms with E-state index in [9.17, 15) is 14.4 Å². The standard InChI is InChI=1S/C73H134O6/c1-4-7-10-13-16-19-22-25-28-30-32-34-35-36-37-39-40-42-45-48-51-54-57-60-63-66-72(75)78-69-70(68-77-71(74)65-62-59-56-53-50-47-44-27-24-21-18-15-12-9-6-3)79-73(76)67-64-61-58-55-52-49-46-43-41-38-33-31-29-26-23-20-17-14-11-8-5-2/h9,12,18,21,27,31,33,44,70H,4-8,10-11,13-17,19-20,22-26,28-30,32,34-43,45-69H2,1-3H3/b12-9-,21-18-,33-31-,44-27-. The summed E-state index contributed by atoms with van der Waals surface area (Å²) in [6.45, 7) is 6.58. The molecule has 0 radical (unpaired) electrons. The van der Waals surface area contributed by atoms with Crippen LogP contribution in [0.5, 0.6) is 0 Å². The van der Waals surface area contributed by atoms with Gasteiger partial charge in [0.05, 0.1) is 0 Å². The largest absolute Gasteiger partial charge is 0.462 e. The molecule has 0 aliphatic heterocycles. The van der Waals surface area contributed by atoms with Gasteiger partial charge in [-0.2, -0.15) is 0 Å². The molecule has 0 saturated carbocycles. The van der Waals surface area contributed by atoms with E-state index in [1.807, 2.05) is 0 Å². The van der Waals surface area contributed by atoms with Crippen molar-refractivity contribution in [1.82, 2.24) is 0 Å². The van der Waals surface area contributed by atoms with Crippen molar-refractivity contribution in [2.75, 3.05) is 13.2 Å². The summed E-state index contributed by atoms with van der Waals surface area (Å²) in [6.07, 6.45) is 85.7. The molecule has 6 heteroatoms. The fraction of sp³-hybridized carbons (Fsp3) is 0.849. The lowest BCUT2D eigenvalue weighted by atomic mass is 10.0. The summed E-state index contributed by atoms with van der Waals surface area (Å²) in [5.74, 6) is -0.870. The number of allylic oxidation sites excluding steroid dienone is 8. The Bertz CT molecular complexity index is 1360. The van der Waals surface area contributed by atoms with Gasteiger partial charge in [-0.3, -0.25) is 14.4 Å². The molecule has 0 spiro atoms. The number of ether oxygens (including phenoxy) is 3. The van der Waals surface area contributed by atoms with Crippen LogP contribution in [-0.2, 0) is 28.6 Å². The van der Waals surface area contributed by atoms with Crippen molar-refractivity contribution in [2.24, 2.45) is 0 Å². The van der Waals surface area contributed by atoms with Gasteiger partial charge in [-0.15, -0.1) is 0 Å². The van der Waals surface area contributed by atoms with E-state index in [0.29, 0.717) is 19.3 Å². The topological polar surface area (TPSA) is 78.9 Å². The summed E-state index contributed by atoms with van der Waals surface area (Å²) < 4.78 is 17.0. The van der Waals surface area contributed by atoms with E-state index in [1.165, 1.54) is 244 Å². The normalized spacial score (nSPS) is 12.3. The Morgan fingerprint density at radius 2 is 0.494 bits per heavy atom. The molecule has 0 bridgehead atoms.